The van der Waals surface area contributed by atoms with Crippen LogP contribution in [0, 0.1) is 11.8 Å². The van der Waals surface area contributed by atoms with Crippen molar-refractivity contribution in [1.29, 1.82) is 0 Å². The number of hydrogen-bond donors (Lipinski definition) is 1. The molecule has 120 valence electrons. The fourth-order valence-electron chi connectivity index (χ4n) is 2.53. The van der Waals surface area contributed by atoms with Gasteiger partial charge in [-0.1, -0.05) is 11.8 Å². The lowest BCUT2D eigenvalue weighted by Gasteiger charge is -2.17. The maximum Gasteiger partial charge on any atom is 0.417 e. The molecule has 1 heterocycles. The Balaban J connectivity index is 1.48. The van der Waals surface area contributed by atoms with Crippen molar-refractivity contribution in [3.05, 3.63) is 23.9 Å². The third kappa shape index (κ3) is 4.15. The average molecular weight is 330 g/mol. The molecule has 0 unspecified atom stereocenters. The van der Waals surface area contributed by atoms with Crippen LogP contribution in [0.25, 0.3) is 0 Å². The monoisotopic (exact) mass is 330 g/mol. The molecule has 1 aromatic rings. The SMILES string of the molecule is O=C(CSc1ccc(C(F)(F)F)cn1)NC(C1CC1)C1CC1. The van der Waals surface area contributed by atoms with Crippen LogP contribution in [0.5, 0.6) is 0 Å². The first kappa shape index (κ1) is 15.6. The van der Waals surface area contributed by atoms with E-state index in [4.69, 9.17) is 0 Å². The first-order valence-corrected chi connectivity index (χ1v) is 8.37. The van der Waals surface area contributed by atoms with Gasteiger partial charge < -0.3 is 5.32 Å². The van der Waals surface area contributed by atoms with Gasteiger partial charge in [0.1, 0.15) is 0 Å². The standard InChI is InChI=1S/C15H17F3N2OS/c16-15(17,18)11-5-6-13(19-7-11)22-8-12(21)20-14(9-1-2-9)10-3-4-10/h5-7,9-10,14H,1-4,8H2,(H,20,21). The molecular weight excluding hydrogens is 313 g/mol. The third-order valence-electron chi connectivity index (χ3n) is 4.00. The number of pyridine rings is 1. The van der Waals surface area contributed by atoms with Crippen LogP contribution in [0.4, 0.5) is 13.2 Å². The zero-order valence-electron chi connectivity index (χ0n) is 11.9. The lowest BCUT2D eigenvalue weighted by molar-refractivity contribution is -0.137. The summed E-state index contributed by atoms with van der Waals surface area (Å²) in [5, 5.41) is 3.51. The number of hydrogen-bond acceptors (Lipinski definition) is 3. The van der Waals surface area contributed by atoms with Crippen molar-refractivity contribution in [3.63, 3.8) is 0 Å². The highest BCUT2D eigenvalue weighted by atomic mass is 32.2. The van der Waals surface area contributed by atoms with E-state index in [9.17, 15) is 18.0 Å². The van der Waals surface area contributed by atoms with E-state index in [-0.39, 0.29) is 11.7 Å². The molecule has 0 aromatic carbocycles. The Morgan fingerprint density at radius 1 is 1.27 bits per heavy atom. The summed E-state index contributed by atoms with van der Waals surface area (Å²) in [7, 11) is 0. The number of carbonyl (C=O) groups is 1. The summed E-state index contributed by atoms with van der Waals surface area (Å²) < 4.78 is 37.3. The number of nitrogens with one attached hydrogen (secondary N) is 1. The van der Waals surface area contributed by atoms with Crippen LogP contribution >= 0.6 is 11.8 Å². The van der Waals surface area contributed by atoms with Crippen LogP contribution in [0.3, 0.4) is 0 Å². The molecule has 1 N–H and O–H groups in total. The quantitative estimate of drug-likeness (QED) is 0.812. The van der Waals surface area contributed by atoms with Crippen molar-refractivity contribution < 1.29 is 18.0 Å². The molecule has 0 spiro atoms. The number of alkyl halides is 3. The Bertz CT molecular complexity index is 527. The molecule has 0 bridgehead atoms. The molecule has 2 aliphatic rings. The Hall–Kier alpha value is -1.24. The Labute approximate surface area is 131 Å². The van der Waals surface area contributed by atoms with Gasteiger partial charge in [0.05, 0.1) is 16.3 Å². The second kappa shape index (κ2) is 6.10. The van der Waals surface area contributed by atoms with Gasteiger partial charge in [0.15, 0.2) is 0 Å². The summed E-state index contributed by atoms with van der Waals surface area (Å²) in [6, 6.07) is 2.60. The van der Waals surface area contributed by atoms with Gasteiger partial charge in [0, 0.05) is 12.2 Å². The molecule has 0 aliphatic heterocycles. The Morgan fingerprint density at radius 2 is 1.91 bits per heavy atom. The molecular formula is C15H17F3N2OS. The molecule has 1 amide bonds. The smallest absolute Gasteiger partial charge is 0.352 e. The zero-order valence-corrected chi connectivity index (χ0v) is 12.7. The van der Waals surface area contributed by atoms with E-state index in [1.54, 1.807) is 0 Å². The van der Waals surface area contributed by atoms with Gasteiger partial charge in [-0.3, -0.25) is 4.79 Å². The molecule has 3 rings (SSSR count). The Kier molecular flexibility index (Phi) is 4.34. The minimum Gasteiger partial charge on any atom is -0.352 e. The summed E-state index contributed by atoms with van der Waals surface area (Å²) in [6.45, 7) is 0. The van der Waals surface area contributed by atoms with Crippen LogP contribution in [-0.4, -0.2) is 22.7 Å². The summed E-state index contributed by atoms with van der Waals surface area (Å²) in [6.07, 6.45) is 1.18. The maximum atomic E-state index is 12.4. The van der Waals surface area contributed by atoms with Crippen LogP contribution in [0.1, 0.15) is 31.2 Å². The molecule has 22 heavy (non-hydrogen) atoms. The fraction of sp³-hybridized carbons (Fsp3) is 0.600. The van der Waals surface area contributed by atoms with Gasteiger partial charge in [0.25, 0.3) is 0 Å². The van der Waals surface area contributed by atoms with Crippen molar-refractivity contribution in [2.75, 3.05) is 5.75 Å². The predicted molar refractivity (Wildman–Crippen MR) is 77.3 cm³/mol. The Morgan fingerprint density at radius 3 is 2.36 bits per heavy atom. The number of aromatic nitrogens is 1. The van der Waals surface area contributed by atoms with Gasteiger partial charge in [-0.15, -0.1) is 0 Å². The summed E-state index contributed by atoms with van der Waals surface area (Å²) >= 11 is 1.16. The largest absolute Gasteiger partial charge is 0.417 e. The minimum atomic E-state index is -4.38. The molecule has 0 saturated heterocycles. The molecule has 3 nitrogen and oxygen atoms in total. The molecule has 7 heteroatoms. The van der Waals surface area contributed by atoms with Gasteiger partial charge in [0.2, 0.25) is 5.91 Å². The highest BCUT2D eigenvalue weighted by Crippen LogP contribution is 2.44. The molecule has 0 radical (unpaired) electrons. The first-order chi connectivity index (χ1) is 10.4. The summed E-state index contributed by atoms with van der Waals surface area (Å²) in [5.74, 6) is 1.39. The lowest BCUT2D eigenvalue weighted by Crippen LogP contribution is -2.39. The van der Waals surface area contributed by atoms with E-state index < -0.39 is 11.7 Å². The van der Waals surface area contributed by atoms with Crippen molar-refractivity contribution in [1.82, 2.24) is 10.3 Å². The van der Waals surface area contributed by atoms with Gasteiger partial charge >= 0.3 is 6.18 Å². The van der Waals surface area contributed by atoms with Crippen molar-refractivity contribution >= 4 is 17.7 Å². The topological polar surface area (TPSA) is 42.0 Å². The molecule has 1 aromatic heterocycles. The van der Waals surface area contributed by atoms with E-state index in [0.29, 0.717) is 22.9 Å². The van der Waals surface area contributed by atoms with E-state index in [2.05, 4.69) is 10.3 Å². The van der Waals surface area contributed by atoms with E-state index in [0.717, 1.165) is 24.0 Å². The molecule has 0 atom stereocenters. The fourth-order valence-corrected chi connectivity index (χ4v) is 3.19. The second-order valence-corrected chi connectivity index (χ2v) is 6.94. The number of thioether (sulfide) groups is 1. The average Bonchev–Trinajstić information content (AvgIpc) is 3.36. The number of rotatable bonds is 6. The first-order valence-electron chi connectivity index (χ1n) is 7.39. The van der Waals surface area contributed by atoms with Crippen molar-refractivity contribution in [3.8, 4) is 0 Å². The number of nitrogens with zero attached hydrogens (tertiary/aromatic N) is 1. The highest BCUT2D eigenvalue weighted by Gasteiger charge is 2.42. The number of halogens is 3. The molecule has 2 fully saturated rings. The van der Waals surface area contributed by atoms with E-state index in [1.165, 1.54) is 31.7 Å². The van der Waals surface area contributed by atoms with Gasteiger partial charge in [-0.25, -0.2) is 4.98 Å². The van der Waals surface area contributed by atoms with Crippen LogP contribution in [-0.2, 0) is 11.0 Å². The summed E-state index contributed by atoms with van der Waals surface area (Å²) in [5.41, 5.74) is -0.774. The zero-order chi connectivity index (χ0) is 15.7. The molecule has 2 aliphatic carbocycles. The van der Waals surface area contributed by atoms with Gasteiger partial charge in [-0.2, -0.15) is 13.2 Å². The normalized spacial score (nSPS) is 18.5. The van der Waals surface area contributed by atoms with Crippen molar-refractivity contribution in [2.24, 2.45) is 11.8 Å². The highest BCUT2D eigenvalue weighted by molar-refractivity contribution is 7.99. The summed E-state index contributed by atoms with van der Waals surface area (Å²) in [4.78, 5) is 15.7. The van der Waals surface area contributed by atoms with Crippen LogP contribution in [0.15, 0.2) is 23.4 Å². The number of carbonyl (C=O) groups excluding carboxylic acids is 1. The van der Waals surface area contributed by atoms with Gasteiger partial charge in [-0.05, 0) is 49.7 Å². The predicted octanol–water partition coefficient (Wildman–Crippen LogP) is 3.50. The van der Waals surface area contributed by atoms with E-state index in [1.807, 2.05) is 0 Å². The third-order valence-corrected chi connectivity index (χ3v) is 4.95. The van der Waals surface area contributed by atoms with Crippen molar-refractivity contribution in [2.45, 2.75) is 42.9 Å². The van der Waals surface area contributed by atoms with Crippen LogP contribution < -0.4 is 5.32 Å². The van der Waals surface area contributed by atoms with E-state index >= 15 is 0 Å². The minimum absolute atomic E-state index is 0.0597. The van der Waals surface area contributed by atoms with Crippen LogP contribution in [0.2, 0.25) is 0 Å². The second-order valence-electron chi connectivity index (χ2n) is 5.94. The molecule has 2 saturated carbocycles. The maximum absolute atomic E-state index is 12.4. The lowest BCUT2D eigenvalue weighted by atomic mass is 10.1. The number of amides is 1.